The predicted octanol–water partition coefficient (Wildman–Crippen LogP) is 2.73. The van der Waals surface area contributed by atoms with Crippen LogP contribution in [0.25, 0.3) is 0 Å². The molecule has 0 saturated heterocycles. The van der Waals surface area contributed by atoms with Gasteiger partial charge in [0.1, 0.15) is 6.54 Å². The highest BCUT2D eigenvalue weighted by molar-refractivity contribution is 9.10. The zero-order chi connectivity index (χ0) is 14.9. The van der Waals surface area contributed by atoms with Crippen LogP contribution in [-0.2, 0) is 13.1 Å². The largest absolute Gasteiger partial charge is 0.493 e. The fourth-order valence-corrected chi connectivity index (χ4v) is 2.01. The zero-order valence-electron chi connectivity index (χ0n) is 10.1. The zero-order valence-corrected chi connectivity index (χ0v) is 11.6. The van der Waals surface area contributed by atoms with Gasteiger partial charge in [-0.15, -0.1) is 0 Å². The molecule has 0 radical (unpaired) electrons. The van der Waals surface area contributed by atoms with E-state index in [9.17, 15) is 23.1 Å². The second-order valence-electron chi connectivity index (χ2n) is 4.23. The molecule has 0 fully saturated rings. The molecule has 0 aliphatic heterocycles. The van der Waals surface area contributed by atoms with Crippen molar-refractivity contribution < 1.29 is 18.3 Å². The summed E-state index contributed by atoms with van der Waals surface area (Å²) < 4.78 is 39.1. The van der Waals surface area contributed by atoms with Crippen LogP contribution in [0.5, 0.6) is 5.88 Å². The smallest absolute Gasteiger partial charge is 0.406 e. The van der Waals surface area contributed by atoms with E-state index in [0.717, 1.165) is 20.8 Å². The van der Waals surface area contributed by atoms with Crippen LogP contribution < -0.4 is 5.69 Å². The van der Waals surface area contributed by atoms with Crippen molar-refractivity contribution in [3.05, 3.63) is 51.0 Å². The van der Waals surface area contributed by atoms with Gasteiger partial charge in [-0.2, -0.15) is 13.2 Å². The Morgan fingerprint density at radius 2 is 1.80 bits per heavy atom. The van der Waals surface area contributed by atoms with E-state index in [1.54, 1.807) is 24.3 Å². The molecule has 2 aromatic rings. The minimum absolute atomic E-state index is 0.0878. The summed E-state index contributed by atoms with van der Waals surface area (Å²) in [5.74, 6) is -0.704. The lowest BCUT2D eigenvalue weighted by Gasteiger charge is -2.06. The van der Waals surface area contributed by atoms with Crippen molar-refractivity contribution in [2.45, 2.75) is 19.3 Å². The molecule has 1 aromatic heterocycles. The van der Waals surface area contributed by atoms with Crippen LogP contribution in [0.2, 0.25) is 0 Å². The Labute approximate surface area is 120 Å². The number of aromatic nitrogens is 2. The van der Waals surface area contributed by atoms with Gasteiger partial charge in [-0.05, 0) is 17.7 Å². The fraction of sp³-hybridized carbons (Fsp3) is 0.250. The van der Waals surface area contributed by atoms with E-state index in [-0.39, 0.29) is 6.54 Å². The number of benzene rings is 1. The molecule has 1 heterocycles. The first kappa shape index (κ1) is 14.7. The summed E-state index contributed by atoms with van der Waals surface area (Å²) in [6.07, 6.45) is -3.57. The van der Waals surface area contributed by atoms with Gasteiger partial charge in [0.05, 0.1) is 12.7 Å². The maximum absolute atomic E-state index is 12.3. The minimum Gasteiger partial charge on any atom is -0.493 e. The molecular weight excluding hydrogens is 341 g/mol. The third kappa shape index (κ3) is 3.44. The number of halogens is 4. The molecular formula is C12H10BrF3N2O2. The summed E-state index contributed by atoms with van der Waals surface area (Å²) in [5, 5.41) is 9.43. The summed E-state index contributed by atoms with van der Waals surface area (Å²) in [6, 6.07) is 6.98. The van der Waals surface area contributed by atoms with Gasteiger partial charge in [-0.25, -0.2) is 4.79 Å². The Hall–Kier alpha value is -1.70. The Morgan fingerprint density at radius 1 is 1.20 bits per heavy atom. The SMILES string of the molecule is O=c1n(Cc2ccc(Br)cc2)cc(O)n1CC(F)(F)F. The van der Waals surface area contributed by atoms with Gasteiger partial charge in [-0.3, -0.25) is 9.13 Å². The lowest BCUT2D eigenvalue weighted by atomic mass is 10.2. The number of aromatic hydroxyl groups is 1. The fourth-order valence-electron chi connectivity index (χ4n) is 1.75. The second kappa shape index (κ2) is 5.35. The van der Waals surface area contributed by atoms with Gasteiger partial charge < -0.3 is 5.11 Å². The van der Waals surface area contributed by atoms with Crippen molar-refractivity contribution in [2.24, 2.45) is 0 Å². The Bertz CT molecular complexity index is 659. The summed E-state index contributed by atoms with van der Waals surface area (Å²) in [7, 11) is 0. The van der Waals surface area contributed by atoms with Gasteiger partial charge >= 0.3 is 11.9 Å². The van der Waals surface area contributed by atoms with Crippen LogP contribution >= 0.6 is 15.9 Å². The first-order valence-electron chi connectivity index (χ1n) is 5.56. The van der Waals surface area contributed by atoms with Crippen molar-refractivity contribution in [2.75, 3.05) is 0 Å². The van der Waals surface area contributed by atoms with Crippen LogP contribution in [0, 0.1) is 0 Å². The average Bonchev–Trinajstić information content (AvgIpc) is 2.58. The molecule has 1 N–H and O–H groups in total. The van der Waals surface area contributed by atoms with Crippen LogP contribution in [0.3, 0.4) is 0 Å². The molecule has 0 atom stereocenters. The molecule has 4 nitrogen and oxygen atoms in total. The lowest BCUT2D eigenvalue weighted by molar-refractivity contribution is -0.142. The first-order chi connectivity index (χ1) is 9.26. The molecule has 8 heteroatoms. The summed E-state index contributed by atoms with van der Waals surface area (Å²) >= 11 is 3.26. The Balaban J connectivity index is 2.28. The number of hydrogen-bond acceptors (Lipinski definition) is 2. The average molecular weight is 351 g/mol. The third-order valence-electron chi connectivity index (χ3n) is 2.63. The maximum atomic E-state index is 12.3. The van der Waals surface area contributed by atoms with E-state index < -0.39 is 24.3 Å². The molecule has 0 spiro atoms. The van der Waals surface area contributed by atoms with Crippen molar-refractivity contribution in [3.8, 4) is 5.88 Å². The number of alkyl halides is 3. The minimum atomic E-state index is -4.56. The highest BCUT2D eigenvalue weighted by Crippen LogP contribution is 2.20. The van der Waals surface area contributed by atoms with E-state index in [2.05, 4.69) is 15.9 Å². The molecule has 20 heavy (non-hydrogen) atoms. The summed E-state index contributed by atoms with van der Waals surface area (Å²) in [4.78, 5) is 11.8. The quantitative estimate of drug-likeness (QED) is 0.925. The topological polar surface area (TPSA) is 47.2 Å². The van der Waals surface area contributed by atoms with Crippen LogP contribution in [0.15, 0.2) is 39.7 Å². The molecule has 108 valence electrons. The molecule has 0 aliphatic rings. The van der Waals surface area contributed by atoms with E-state index >= 15 is 0 Å². The van der Waals surface area contributed by atoms with Gasteiger partial charge in [0.2, 0.25) is 5.88 Å². The van der Waals surface area contributed by atoms with E-state index in [4.69, 9.17) is 0 Å². The monoisotopic (exact) mass is 350 g/mol. The number of hydrogen-bond donors (Lipinski definition) is 1. The molecule has 0 saturated carbocycles. The van der Waals surface area contributed by atoms with Crippen LogP contribution in [0.1, 0.15) is 5.56 Å². The molecule has 0 amide bonds. The van der Waals surface area contributed by atoms with Crippen molar-refractivity contribution in [1.29, 1.82) is 0 Å². The first-order valence-corrected chi connectivity index (χ1v) is 6.36. The highest BCUT2D eigenvalue weighted by Gasteiger charge is 2.30. The molecule has 0 aliphatic carbocycles. The lowest BCUT2D eigenvalue weighted by Crippen LogP contribution is -2.29. The molecule has 1 aromatic carbocycles. The summed E-state index contributed by atoms with van der Waals surface area (Å²) in [5.41, 5.74) is -0.165. The Morgan fingerprint density at radius 3 is 2.35 bits per heavy atom. The third-order valence-corrected chi connectivity index (χ3v) is 3.16. The normalized spacial score (nSPS) is 11.8. The van der Waals surface area contributed by atoms with Crippen LogP contribution in [-0.4, -0.2) is 20.4 Å². The number of rotatable bonds is 3. The number of nitrogens with zero attached hydrogens (tertiary/aromatic N) is 2. The van der Waals surface area contributed by atoms with Gasteiger partial charge in [0, 0.05) is 4.47 Å². The van der Waals surface area contributed by atoms with E-state index in [1.807, 2.05) is 0 Å². The van der Waals surface area contributed by atoms with Crippen molar-refractivity contribution >= 4 is 15.9 Å². The van der Waals surface area contributed by atoms with Crippen molar-refractivity contribution in [1.82, 2.24) is 9.13 Å². The second-order valence-corrected chi connectivity index (χ2v) is 5.14. The van der Waals surface area contributed by atoms with Gasteiger partial charge in [0.25, 0.3) is 0 Å². The molecule has 2 rings (SSSR count). The van der Waals surface area contributed by atoms with E-state index in [0.29, 0.717) is 4.57 Å². The highest BCUT2D eigenvalue weighted by atomic mass is 79.9. The number of imidazole rings is 1. The van der Waals surface area contributed by atoms with Gasteiger partial charge in [-0.1, -0.05) is 28.1 Å². The predicted molar refractivity (Wildman–Crippen MR) is 69.7 cm³/mol. The maximum Gasteiger partial charge on any atom is 0.406 e. The summed E-state index contributed by atoms with van der Waals surface area (Å²) in [6.45, 7) is -1.42. The Kier molecular flexibility index (Phi) is 3.94. The van der Waals surface area contributed by atoms with Crippen LogP contribution in [0.4, 0.5) is 13.2 Å². The molecule has 0 bridgehead atoms. The van der Waals surface area contributed by atoms with Crippen molar-refractivity contribution in [3.63, 3.8) is 0 Å². The standard InChI is InChI=1S/C12H10BrF3N2O2/c13-9-3-1-8(2-4-9)5-17-6-10(19)18(11(17)20)7-12(14,15)16/h1-4,6,19H,5,7H2. The van der Waals surface area contributed by atoms with E-state index in [1.165, 1.54) is 0 Å². The van der Waals surface area contributed by atoms with Gasteiger partial charge in [0.15, 0.2) is 0 Å². The molecule has 0 unspecified atom stereocenters.